The Balaban J connectivity index is 2.22. The second-order valence-electron chi connectivity index (χ2n) is 4.84. The molecule has 106 valence electrons. The van der Waals surface area contributed by atoms with Crippen molar-refractivity contribution in [2.45, 2.75) is 26.1 Å². The van der Waals surface area contributed by atoms with E-state index in [1.165, 1.54) is 12.1 Å². The second-order valence-corrected chi connectivity index (χ2v) is 5.76. The van der Waals surface area contributed by atoms with Crippen LogP contribution in [-0.4, -0.2) is 11.2 Å². The Morgan fingerprint density at radius 3 is 2.25 bits per heavy atom. The van der Waals surface area contributed by atoms with E-state index in [1.807, 2.05) is 13.8 Å². The average molecular weight is 339 g/mol. The van der Waals surface area contributed by atoms with Gasteiger partial charge >= 0.3 is 0 Å². The lowest BCUT2D eigenvalue weighted by atomic mass is 10.0. The first-order chi connectivity index (χ1) is 9.45. The number of rotatable bonds is 4. The van der Waals surface area contributed by atoms with Gasteiger partial charge in [0, 0.05) is 4.47 Å². The standard InChI is InChI=1S/C16H16BrFO2/c1-10(2)20-15-5-3-11(4-6-15)16(19)12-7-13(17)9-14(18)8-12/h3-10,16,19H,1-2H3. The van der Waals surface area contributed by atoms with Gasteiger partial charge in [-0.1, -0.05) is 28.1 Å². The zero-order chi connectivity index (χ0) is 14.7. The molecule has 2 rings (SSSR count). The van der Waals surface area contributed by atoms with E-state index in [0.717, 1.165) is 5.75 Å². The molecular formula is C16H16BrFO2. The number of hydrogen-bond acceptors (Lipinski definition) is 2. The summed E-state index contributed by atoms with van der Waals surface area (Å²) in [5.74, 6) is 0.365. The van der Waals surface area contributed by atoms with Crippen molar-refractivity contribution >= 4 is 15.9 Å². The lowest BCUT2D eigenvalue weighted by Gasteiger charge is -2.14. The molecule has 0 saturated carbocycles. The monoisotopic (exact) mass is 338 g/mol. The highest BCUT2D eigenvalue weighted by atomic mass is 79.9. The highest BCUT2D eigenvalue weighted by Crippen LogP contribution is 2.27. The summed E-state index contributed by atoms with van der Waals surface area (Å²) < 4.78 is 19.5. The maximum absolute atomic E-state index is 13.4. The van der Waals surface area contributed by atoms with E-state index in [0.29, 0.717) is 15.6 Å². The van der Waals surface area contributed by atoms with Crippen molar-refractivity contribution in [3.8, 4) is 5.75 Å². The first-order valence-electron chi connectivity index (χ1n) is 6.36. The van der Waals surface area contributed by atoms with Gasteiger partial charge in [-0.15, -0.1) is 0 Å². The quantitative estimate of drug-likeness (QED) is 0.891. The topological polar surface area (TPSA) is 29.5 Å². The minimum Gasteiger partial charge on any atom is -0.491 e. The molecule has 0 bridgehead atoms. The molecule has 2 nitrogen and oxygen atoms in total. The van der Waals surface area contributed by atoms with E-state index in [-0.39, 0.29) is 11.9 Å². The van der Waals surface area contributed by atoms with Gasteiger partial charge in [0.1, 0.15) is 17.7 Å². The van der Waals surface area contributed by atoms with Crippen molar-refractivity contribution in [3.63, 3.8) is 0 Å². The summed E-state index contributed by atoms with van der Waals surface area (Å²) in [6.07, 6.45) is -0.764. The Labute approximate surface area is 126 Å². The van der Waals surface area contributed by atoms with Gasteiger partial charge in [-0.05, 0) is 55.3 Å². The molecule has 0 aliphatic carbocycles. The van der Waals surface area contributed by atoms with E-state index in [1.54, 1.807) is 30.3 Å². The molecule has 0 heterocycles. The van der Waals surface area contributed by atoms with Crippen molar-refractivity contribution in [1.82, 2.24) is 0 Å². The zero-order valence-electron chi connectivity index (χ0n) is 11.3. The van der Waals surface area contributed by atoms with Crippen molar-refractivity contribution in [2.24, 2.45) is 0 Å². The van der Waals surface area contributed by atoms with Crippen molar-refractivity contribution in [1.29, 1.82) is 0 Å². The molecule has 1 unspecified atom stereocenters. The number of aliphatic hydroxyl groups is 1. The molecule has 0 fully saturated rings. The Morgan fingerprint density at radius 1 is 1.05 bits per heavy atom. The van der Waals surface area contributed by atoms with Crippen LogP contribution < -0.4 is 4.74 Å². The Morgan fingerprint density at radius 2 is 1.70 bits per heavy atom. The van der Waals surface area contributed by atoms with Crippen molar-refractivity contribution in [3.05, 3.63) is 63.9 Å². The smallest absolute Gasteiger partial charge is 0.124 e. The number of aliphatic hydroxyl groups excluding tert-OH is 1. The Kier molecular flexibility index (Phi) is 4.78. The number of ether oxygens (including phenoxy) is 1. The van der Waals surface area contributed by atoms with Gasteiger partial charge in [-0.3, -0.25) is 0 Å². The van der Waals surface area contributed by atoms with Crippen LogP contribution in [0, 0.1) is 5.82 Å². The molecule has 0 amide bonds. The summed E-state index contributed by atoms with van der Waals surface area (Å²) in [4.78, 5) is 0. The summed E-state index contributed by atoms with van der Waals surface area (Å²) in [6.45, 7) is 3.90. The highest BCUT2D eigenvalue weighted by Gasteiger charge is 2.12. The molecule has 0 aliphatic heterocycles. The van der Waals surface area contributed by atoms with Gasteiger partial charge in [0.05, 0.1) is 6.10 Å². The minimum absolute atomic E-state index is 0.102. The van der Waals surface area contributed by atoms with Gasteiger partial charge in [0.2, 0.25) is 0 Å². The maximum Gasteiger partial charge on any atom is 0.124 e. The highest BCUT2D eigenvalue weighted by molar-refractivity contribution is 9.10. The Hall–Kier alpha value is -1.39. The molecule has 4 heteroatoms. The predicted octanol–water partition coefficient (Wildman–Crippen LogP) is 4.46. The summed E-state index contributed by atoms with van der Waals surface area (Å²) >= 11 is 3.22. The summed E-state index contributed by atoms with van der Waals surface area (Å²) in [6, 6.07) is 11.5. The normalized spacial score (nSPS) is 12.5. The molecule has 0 saturated heterocycles. The molecule has 0 aliphatic rings. The van der Waals surface area contributed by atoms with Gasteiger partial charge in [0.15, 0.2) is 0 Å². The fraction of sp³-hybridized carbons (Fsp3) is 0.250. The fourth-order valence-corrected chi connectivity index (χ4v) is 2.41. The van der Waals surface area contributed by atoms with Gasteiger partial charge in [-0.25, -0.2) is 4.39 Å². The van der Waals surface area contributed by atoms with Crippen molar-refractivity contribution in [2.75, 3.05) is 0 Å². The molecule has 20 heavy (non-hydrogen) atoms. The van der Waals surface area contributed by atoms with Crippen LogP contribution in [0.25, 0.3) is 0 Å². The predicted molar refractivity (Wildman–Crippen MR) is 80.4 cm³/mol. The third-order valence-electron chi connectivity index (χ3n) is 2.77. The lowest BCUT2D eigenvalue weighted by Crippen LogP contribution is -2.06. The van der Waals surface area contributed by atoms with E-state index in [2.05, 4.69) is 15.9 Å². The fourth-order valence-electron chi connectivity index (χ4n) is 1.93. The SMILES string of the molecule is CC(C)Oc1ccc(C(O)c2cc(F)cc(Br)c2)cc1. The van der Waals surface area contributed by atoms with E-state index in [4.69, 9.17) is 4.74 Å². The van der Waals surface area contributed by atoms with Crippen LogP contribution >= 0.6 is 15.9 Å². The summed E-state index contributed by atoms with van der Waals surface area (Å²) in [7, 11) is 0. The molecule has 2 aromatic carbocycles. The van der Waals surface area contributed by atoms with Crippen LogP contribution in [0.2, 0.25) is 0 Å². The van der Waals surface area contributed by atoms with Crippen molar-refractivity contribution < 1.29 is 14.2 Å². The van der Waals surface area contributed by atoms with Gasteiger partial charge in [0.25, 0.3) is 0 Å². The summed E-state index contributed by atoms with van der Waals surface area (Å²) in [5.41, 5.74) is 1.20. The zero-order valence-corrected chi connectivity index (χ0v) is 12.9. The van der Waals surface area contributed by atoms with Crippen LogP contribution in [0.3, 0.4) is 0 Å². The van der Waals surface area contributed by atoms with E-state index >= 15 is 0 Å². The largest absolute Gasteiger partial charge is 0.491 e. The van der Waals surface area contributed by atoms with E-state index < -0.39 is 6.10 Å². The van der Waals surface area contributed by atoms with Crippen LogP contribution in [-0.2, 0) is 0 Å². The van der Waals surface area contributed by atoms with Gasteiger partial charge in [-0.2, -0.15) is 0 Å². The maximum atomic E-state index is 13.4. The molecule has 1 N–H and O–H groups in total. The lowest BCUT2D eigenvalue weighted by molar-refractivity contribution is 0.219. The molecule has 0 aromatic heterocycles. The third-order valence-corrected chi connectivity index (χ3v) is 3.23. The first-order valence-corrected chi connectivity index (χ1v) is 7.15. The molecule has 1 atom stereocenters. The molecule has 0 radical (unpaired) electrons. The van der Waals surface area contributed by atoms with Crippen LogP contribution in [0.15, 0.2) is 46.9 Å². The average Bonchev–Trinajstić information content (AvgIpc) is 2.37. The van der Waals surface area contributed by atoms with Crippen LogP contribution in [0.5, 0.6) is 5.75 Å². The first kappa shape index (κ1) is 15.0. The number of hydrogen-bond donors (Lipinski definition) is 1. The third kappa shape index (κ3) is 3.81. The van der Waals surface area contributed by atoms with E-state index in [9.17, 15) is 9.50 Å². The molecule has 2 aromatic rings. The second kappa shape index (κ2) is 6.37. The molecular weight excluding hydrogens is 323 g/mol. The number of benzene rings is 2. The molecule has 0 spiro atoms. The summed E-state index contributed by atoms with van der Waals surface area (Å²) in [5, 5.41) is 10.3. The minimum atomic E-state index is -0.866. The Bertz CT molecular complexity index is 561. The van der Waals surface area contributed by atoms with Crippen LogP contribution in [0.1, 0.15) is 31.1 Å². The van der Waals surface area contributed by atoms with Crippen LogP contribution in [0.4, 0.5) is 4.39 Å². The van der Waals surface area contributed by atoms with Gasteiger partial charge < -0.3 is 9.84 Å². The number of halogens is 2.